The summed E-state index contributed by atoms with van der Waals surface area (Å²) in [4.78, 5) is 8.78. The molecule has 0 aliphatic heterocycles. The Morgan fingerprint density at radius 1 is 1.36 bits per heavy atom. The van der Waals surface area contributed by atoms with Gasteiger partial charge in [0.05, 0.1) is 0 Å². The highest BCUT2D eigenvalue weighted by Gasteiger charge is 1.98. The predicted molar refractivity (Wildman–Crippen MR) is 49.9 cm³/mol. The summed E-state index contributed by atoms with van der Waals surface area (Å²) in [5, 5.41) is 0. The van der Waals surface area contributed by atoms with Crippen molar-refractivity contribution >= 4 is 19.8 Å². The van der Waals surface area contributed by atoms with Gasteiger partial charge in [-0.15, -0.1) is 0 Å². The summed E-state index contributed by atoms with van der Waals surface area (Å²) in [5.41, 5.74) is 1.17. The van der Waals surface area contributed by atoms with Crippen LogP contribution in [0.1, 0.15) is 5.56 Å². The number of benzene rings is 1. The molecular weight excluding hydrogens is 179 g/mol. The third kappa shape index (κ3) is 3.10. The van der Waals surface area contributed by atoms with Crippen LogP contribution < -0.4 is 4.52 Å². The van der Waals surface area contributed by atoms with Gasteiger partial charge in [0.25, 0.3) is 7.58 Å². The van der Waals surface area contributed by atoms with Gasteiger partial charge in [-0.2, -0.15) is 0 Å². The van der Waals surface area contributed by atoms with Gasteiger partial charge in [-0.1, -0.05) is 29.9 Å². The zero-order valence-electron chi connectivity index (χ0n) is 6.06. The summed E-state index contributed by atoms with van der Waals surface area (Å²) in [7, 11) is -1.59. The number of thiol groups is 1. The summed E-state index contributed by atoms with van der Waals surface area (Å²) >= 11 is 3.73. The second-order valence-corrected chi connectivity index (χ2v) is 3.87. The Morgan fingerprint density at radius 3 is 2.36 bits per heavy atom. The topological polar surface area (TPSA) is 29.5 Å². The molecule has 0 heterocycles. The van der Waals surface area contributed by atoms with E-state index in [1.165, 1.54) is 5.56 Å². The molecule has 11 heavy (non-hydrogen) atoms. The number of rotatable bonds is 2. The van der Waals surface area contributed by atoms with E-state index in [2.05, 4.69) is 12.2 Å². The third-order valence-corrected chi connectivity index (χ3v) is 1.83. The van der Waals surface area contributed by atoms with Crippen LogP contribution >= 0.6 is 19.8 Å². The van der Waals surface area contributed by atoms with Gasteiger partial charge in [0.15, 0.2) is 0 Å². The van der Waals surface area contributed by atoms with Crippen LogP contribution in [0.4, 0.5) is 0 Å². The van der Waals surface area contributed by atoms with Gasteiger partial charge in [-0.05, 0) is 19.1 Å². The van der Waals surface area contributed by atoms with Crippen LogP contribution in [0.5, 0.6) is 5.75 Å². The van der Waals surface area contributed by atoms with Crippen molar-refractivity contribution in [1.29, 1.82) is 0 Å². The molecule has 0 spiro atoms. The first-order valence-corrected chi connectivity index (χ1v) is 5.47. The normalized spacial score (nSPS) is 12.6. The van der Waals surface area contributed by atoms with Gasteiger partial charge < -0.3 is 9.42 Å². The number of hydrogen-bond acceptors (Lipinski definition) is 3. The summed E-state index contributed by atoms with van der Waals surface area (Å²) in [5.74, 6) is 0.652. The van der Waals surface area contributed by atoms with Gasteiger partial charge in [0, 0.05) is 0 Å². The fourth-order valence-electron chi connectivity index (χ4n) is 0.693. The van der Waals surface area contributed by atoms with Crippen LogP contribution in [0.15, 0.2) is 24.3 Å². The van der Waals surface area contributed by atoms with E-state index in [1.807, 2.05) is 19.1 Å². The first kappa shape index (κ1) is 8.85. The second kappa shape index (κ2) is 3.96. The lowest BCUT2D eigenvalue weighted by atomic mass is 10.2. The maximum atomic E-state index is 8.78. The monoisotopic (exact) mass is 188 g/mol. The maximum Gasteiger partial charge on any atom is 0.292 e. The fraction of sp³-hybridized carbons (Fsp3) is 0.143. The minimum Gasteiger partial charge on any atom is -0.440 e. The third-order valence-electron chi connectivity index (χ3n) is 1.21. The molecule has 1 unspecified atom stereocenters. The second-order valence-electron chi connectivity index (χ2n) is 2.16. The highest BCUT2D eigenvalue weighted by atomic mass is 32.7. The van der Waals surface area contributed by atoms with Crippen molar-refractivity contribution < 1.29 is 9.42 Å². The lowest BCUT2D eigenvalue weighted by molar-refractivity contribution is 0.508. The summed E-state index contributed by atoms with van der Waals surface area (Å²) in [6.45, 7) is 1.99. The van der Waals surface area contributed by atoms with E-state index in [9.17, 15) is 0 Å². The largest absolute Gasteiger partial charge is 0.440 e. The van der Waals surface area contributed by atoms with Crippen molar-refractivity contribution in [3.63, 3.8) is 0 Å². The molecule has 0 amide bonds. The van der Waals surface area contributed by atoms with Crippen molar-refractivity contribution in [2.24, 2.45) is 0 Å². The summed E-state index contributed by atoms with van der Waals surface area (Å²) < 4.78 is 4.95. The molecule has 0 bridgehead atoms. The van der Waals surface area contributed by atoms with Crippen molar-refractivity contribution in [2.45, 2.75) is 6.92 Å². The lowest BCUT2D eigenvalue weighted by Crippen LogP contribution is -1.80. The molecule has 1 N–H and O–H groups in total. The Kier molecular flexibility index (Phi) is 3.18. The van der Waals surface area contributed by atoms with E-state index >= 15 is 0 Å². The molecule has 1 aromatic rings. The van der Waals surface area contributed by atoms with E-state index < -0.39 is 7.58 Å². The molecule has 0 fully saturated rings. The predicted octanol–water partition coefficient (Wildman–Crippen LogP) is 2.52. The smallest absolute Gasteiger partial charge is 0.292 e. The Morgan fingerprint density at radius 2 is 1.91 bits per heavy atom. The lowest BCUT2D eigenvalue weighted by Gasteiger charge is -2.05. The molecule has 0 radical (unpaired) electrons. The van der Waals surface area contributed by atoms with Gasteiger partial charge in [0.2, 0.25) is 0 Å². The number of aryl methyl sites for hydroxylation is 1. The first-order valence-electron chi connectivity index (χ1n) is 3.11. The van der Waals surface area contributed by atoms with Crippen LogP contribution in [0.25, 0.3) is 0 Å². The molecule has 0 saturated heterocycles. The van der Waals surface area contributed by atoms with E-state index in [-0.39, 0.29) is 0 Å². The molecule has 0 aliphatic carbocycles. The van der Waals surface area contributed by atoms with Gasteiger partial charge in [-0.3, -0.25) is 0 Å². The summed E-state index contributed by atoms with van der Waals surface area (Å²) in [6, 6.07) is 7.44. The van der Waals surface area contributed by atoms with E-state index in [0.717, 1.165) is 0 Å². The van der Waals surface area contributed by atoms with Crippen LogP contribution in [0.3, 0.4) is 0 Å². The molecule has 2 nitrogen and oxygen atoms in total. The van der Waals surface area contributed by atoms with Crippen molar-refractivity contribution in [1.82, 2.24) is 0 Å². The Balaban J connectivity index is 2.66. The zero-order chi connectivity index (χ0) is 8.27. The van der Waals surface area contributed by atoms with E-state index in [0.29, 0.717) is 5.75 Å². The van der Waals surface area contributed by atoms with Crippen molar-refractivity contribution in [2.75, 3.05) is 0 Å². The van der Waals surface area contributed by atoms with Crippen molar-refractivity contribution in [3.8, 4) is 5.75 Å². The molecule has 1 rings (SSSR count). The van der Waals surface area contributed by atoms with Crippen molar-refractivity contribution in [3.05, 3.63) is 29.8 Å². The SMILES string of the molecule is Cc1ccc(OP(O)S)cc1. The zero-order valence-corrected chi connectivity index (χ0v) is 7.85. The van der Waals surface area contributed by atoms with Crippen LogP contribution in [-0.4, -0.2) is 4.89 Å². The molecule has 1 aromatic carbocycles. The fourth-order valence-corrected chi connectivity index (χ4v) is 1.29. The highest BCUT2D eigenvalue weighted by molar-refractivity contribution is 8.41. The molecule has 60 valence electrons. The van der Waals surface area contributed by atoms with E-state index in [4.69, 9.17) is 9.42 Å². The molecular formula is C7H9O2PS. The van der Waals surface area contributed by atoms with Crippen LogP contribution in [-0.2, 0) is 0 Å². The number of hydrogen-bond donors (Lipinski definition) is 2. The summed E-state index contributed by atoms with van der Waals surface area (Å²) in [6.07, 6.45) is 0. The van der Waals surface area contributed by atoms with E-state index in [1.54, 1.807) is 12.1 Å². The Labute approximate surface area is 72.3 Å². The minimum absolute atomic E-state index is 0.652. The average Bonchev–Trinajstić information content (AvgIpc) is 1.93. The molecule has 0 aliphatic rings. The van der Waals surface area contributed by atoms with Crippen LogP contribution in [0.2, 0.25) is 0 Å². The van der Waals surface area contributed by atoms with Gasteiger partial charge in [-0.25, -0.2) is 0 Å². The molecule has 1 atom stereocenters. The highest BCUT2D eigenvalue weighted by Crippen LogP contribution is 2.37. The Bertz CT molecular complexity index is 222. The molecule has 4 heteroatoms. The quantitative estimate of drug-likeness (QED) is 0.551. The molecule has 0 aromatic heterocycles. The van der Waals surface area contributed by atoms with Gasteiger partial charge in [0.1, 0.15) is 5.75 Å². The van der Waals surface area contributed by atoms with Crippen LogP contribution in [0, 0.1) is 6.92 Å². The van der Waals surface area contributed by atoms with Gasteiger partial charge >= 0.3 is 0 Å². The standard InChI is InChI=1S/C7H9O2PS/c1-6-2-4-7(5-3-6)9-10(8)11/h2-5,8,11H,1H3. The Hall–Kier alpha value is -0.240. The maximum absolute atomic E-state index is 8.78. The first-order chi connectivity index (χ1) is 5.18. The minimum atomic E-state index is -1.59. The average molecular weight is 188 g/mol. The molecule has 0 saturated carbocycles.